The molecule has 0 saturated heterocycles. The van der Waals surface area contributed by atoms with Gasteiger partial charge in [0, 0.05) is 37.7 Å². The average molecular weight is 499 g/mol. The summed E-state index contributed by atoms with van der Waals surface area (Å²) >= 11 is 1.30. The molecule has 0 unspecified atom stereocenters. The lowest BCUT2D eigenvalue weighted by Crippen LogP contribution is -2.38. The second-order valence-corrected chi connectivity index (χ2v) is 9.11. The van der Waals surface area contributed by atoms with Gasteiger partial charge in [0.15, 0.2) is 5.13 Å². The Kier molecular flexibility index (Phi) is 7.11. The van der Waals surface area contributed by atoms with Crippen molar-refractivity contribution >= 4 is 39.2 Å². The van der Waals surface area contributed by atoms with Gasteiger partial charge in [0.25, 0.3) is 5.91 Å². The van der Waals surface area contributed by atoms with Crippen molar-refractivity contribution in [3.05, 3.63) is 71.6 Å². The summed E-state index contributed by atoms with van der Waals surface area (Å²) in [5, 5.41) is 1.31. The number of nitrogens with one attached hydrogen (secondary N) is 1. The van der Waals surface area contributed by atoms with Crippen molar-refractivity contribution in [1.29, 1.82) is 0 Å². The maximum Gasteiger partial charge on any atom is 0.325 e. The molecule has 1 N–H and O–H groups in total. The van der Waals surface area contributed by atoms with Gasteiger partial charge in [-0.3, -0.25) is 9.59 Å². The van der Waals surface area contributed by atoms with Crippen molar-refractivity contribution in [2.24, 2.45) is 0 Å². The molecular formula is C25H24F2N4O3S. The van der Waals surface area contributed by atoms with Gasteiger partial charge >= 0.3 is 5.97 Å². The van der Waals surface area contributed by atoms with E-state index in [1.54, 1.807) is 29.3 Å². The number of anilines is 1. The standard InChI is InChI=1S/C25H24F2N4O3S/c1-30(2)25-29-22(23(35-25)15-4-6-17(26)7-5-15)24(33)31(14-21(32)34-3)11-10-16-13-28-20-9-8-18(27)12-19(16)20/h4-9,12-13,28H,10-11,14H2,1-3H3. The maximum absolute atomic E-state index is 13.8. The summed E-state index contributed by atoms with van der Waals surface area (Å²) in [6, 6.07) is 10.3. The molecule has 7 nitrogen and oxygen atoms in total. The van der Waals surface area contributed by atoms with Crippen LogP contribution in [0.3, 0.4) is 0 Å². The first-order chi connectivity index (χ1) is 16.8. The average Bonchev–Trinajstić information content (AvgIpc) is 3.46. The van der Waals surface area contributed by atoms with E-state index in [9.17, 15) is 18.4 Å². The fourth-order valence-corrected chi connectivity index (χ4v) is 4.66. The lowest BCUT2D eigenvalue weighted by molar-refractivity contribution is -0.141. The van der Waals surface area contributed by atoms with E-state index < -0.39 is 11.9 Å². The summed E-state index contributed by atoms with van der Waals surface area (Å²) in [4.78, 5) is 37.1. The molecule has 0 radical (unpaired) electrons. The van der Waals surface area contributed by atoms with E-state index in [0.717, 1.165) is 11.1 Å². The number of hydrogen-bond acceptors (Lipinski definition) is 6. The predicted molar refractivity (Wildman–Crippen MR) is 132 cm³/mol. The van der Waals surface area contributed by atoms with Gasteiger partial charge in [-0.2, -0.15) is 0 Å². The van der Waals surface area contributed by atoms with Gasteiger partial charge in [0.05, 0.1) is 12.0 Å². The van der Waals surface area contributed by atoms with Gasteiger partial charge in [-0.1, -0.05) is 23.5 Å². The van der Waals surface area contributed by atoms with Gasteiger partial charge in [-0.25, -0.2) is 13.8 Å². The molecule has 35 heavy (non-hydrogen) atoms. The number of aromatic amines is 1. The van der Waals surface area contributed by atoms with Gasteiger partial charge in [0.1, 0.15) is 23.9 Å². The first-order valence-electron chi connectivity index (χ1n) is 10.8. The molecule has 182 valence electrons. The Balaban J connectivity index is 1.67. The minimum absolute atomic E-state index is 0.166. The molecule has 0 aliphatic rings. The predicted octanol–water partition coefficient (Wildman–Crippen LogP) is 4.49. The number of nitrogens with zero attached hydrogens (tertiary/aromatic N) is 3. The molecule has 10 heteroatoms. The molecule has 2 aromatic heterocycles. The minimum Gasteiger partial charge on any atom is -0.468 e. The second-order valence-electron chi connectivity index (χ2n) is 8.13. The molecule has 0 spiro atoms. The highest BCUT2D eigenvalue weighted by atomic mass is 32.1. The smallest absolute Gasteiger partial charge is 0.325 e. The number of amides is 1. The van der Waals surface area contributed by atoms with E-state index in [0.29, 0.717) is 27.4 Å². The van der Waals surface area contributed by atoms with Crippen molar-refractivity contribution in [3.63, 3.8) is 0 Å². The number of ether oxygens (including phenoxy) is 1. The summed E-state index contributed by atoms with van der Waals surface area (Å²) in [6.07, 6.45) is 2.14. The Morgan fingerprint density at radius 3 is 2.49 bits per heavy atom. The number of halogens is 2. The number of carbonyl (C=O) groups is 2. The van der Waals surface area contributed by atoms with E-state index in [1.807, 2.05) is 14.1 Å². The number of methoxy groups -OCH3 is 1. The molecule has 2 aromatic carbocycles. The number of benzene rings is 2. The topological polar surface area (TPSA) is 78.5 Å². The summed E-state index contributed by atoms with van der Waals surface area (Å²) in [5.41, 5.74) is 2.40. The van der Waals surface area contributed by atoms with Crippen LogP contribution in [0.25, 0.3) is 21.3 Å². The van der Waals surface area contributed by atoms with E-state index in [-0.39, 0.29) is 30.4 Å². The third-order valence-corrected chi connectivity index (χ3v) is 6.79. The Labute approximate surface area is 205 Å². The van der Waals surface area contributed by atoms with E-state index in [2.05, 4.69) is 9.97 Å². The van der Waals surface area contributed by atoms with Crippen molar-refractivity contribution in [2.75, 3.05) is 39.2 Å². The van der Waals surface area contributed by atoms with Crippen LogP contribution in [0.1, 0.15) is 16.1 Å². The zero-order valence-corrected chi connectivity index (χ0v) is 20.3. The Morgan fingerprint density at radius 2 is 1.80 bits per heavy atom. The molecule has 4 rings (SSSR count). The molecule has 0 fully saturated rings. The maximum atomic E-state index is 13.8. The fraction of sp³-hybridized carbons (Fsp3) is 0.240. The number of fused-ring (bicyclic) bond motifs is 1. The van der Waals surface area contributed by atoms with Gasteiger partial charge in [0.2, 0.25) is 0 Å². The number of esters is 1. The van der Waals surface area contributed by atoms with Crippen LogP contribution in [-0.4, -0.2) is 61.0 Å². The summed E-state index contributed by atoms with van der Waals surface area (Å²) in [6.45, 7) is -0.0984. The summed E-state index contributed by atoms with van der Waals surface area (Å²) in [5.74, 6) is -1.77. The molecule has 0 aliphatic carbocycles. The molecular weight excluding hydrogens is 474 g/mol. The third-order valence-electron chi connectivity index (χ3n) is 5.52. The normalized spacial score (nSPS) is 11.0. The summed E-state index contributed by atoms with van der Waals surface area (Å²) in [7, 11) is 4.87. The van der Waals surface area contributed by atoms with Crippen LogP contribution in [-0.2, 0) is 16.0 Å². The molecule has 0 aliphatic heterocycles. The van der Waals surface area contributed by atoms with Gasteiger partial charge in [-0.05, 0) is 47.9 Å². The van der Waals surface area contributed by atoms with Crippen molar-refractivity contribution < 1.29 is 23.1 Å². The number of carbonyl (C=O) groups excluding carboxylic acids is 2. The highest BCUT2D eigenvalue weighted by molar-refractivity contribution is 7.19. The zero-order valence-electron chi connectivity index (χ0n) is 19.5. The zero-order chi connectivity index (χ0) is 25.1. The monoisotopic (exact) mass is 498 g/mol. The Hall–Kier alpha value is -3.79. The van der Waals surface area contributed by atoms with Crippen LogP contribution in [0.4, 0.5) is 13.9 Å². The van der Waals surface area contributed by atoms with Crippen LogP contribution in [0, 0.1) is 11.6 Å². The van der Waals surface area contributed by atoms with E-state index >= 15 is 0 Å². The SMILES string of the molecule is COC(=O)CN(CCc1c[nH]c2ccc(F)cc12)C(=O)c1nc(N(C)C)sc1-c1ccc(F)cc1. The van der Waals surface area contributed by atoms with Crippen LogP contribution >= 0.6 is 11.3 Å². The van der Waals surface area contributed by atoms with Crippen LogP contribution in [0.15, 0.2) is 48.7 Å². The quantitative estimate of drug-likeness (QED) is 0.362. The first-order valence-corrected chi connectivity index (χ1v) is 11.6. The Bertz CT molecular complexity index is 1370. The number of hydrogen-bond donors (Lipinski definition) is 1. The molecule has 4 aromatic rings. The highest BCUT2D eigenvalue weighted by Gasteiger charge is 2.27. The van der Waals surface area contributed by atoms with Crippen molar-refractivity contribution in [1.82, 2.24) is 14.9 Å². The molecule has 1 amide bonds. The van der Waals surface area contributed by atoms with Gasteiger partial charge < -0.3 is 19.5 Å². The summed E-state index contributed by atoms with van der Waals surface area (Å²) < 4.78 is 32.1. The molecule has 2 heterocycles. The lowest BCUT2D eigenvalue weighted by Gasteiger charge is -2.21. The first kappa shape index (κ1) is 24.3. The molecule has 0 atom stereocenters. The van der Waals surface area contributed by atoms with Crippen LogP contribution in [0.5, 0.6) is 0 Å². The Morgan fingerprint density at radius 1 is 1.09 bits per heavy atom. The highest BCUT2D eigenvalue weighted by Crippen LogP contribution is 2.35. The van der Waals surface area contributed by atoms with E-state index in [4.69, 9.17) is 4.74 Å². The van der Waals surface area contributed by atoms with Crippen molar-refractivity contribution in [2.45, 2.75) is 6.42 Å². The largest absolute Gasteiger partial charge is 0.468 e. The number of H-pyrrole nitrogens is 1. The second kappa shape index (κ2) is 10.2. The molecule has 0 saturated carbocycles. The van der Waals surface area contributed by atoms with Crippen LogP contribution < -0.4 is 4.90 Å². The lowest BCUT2D eigenvalue weighted by atomic mass is 10.1. The fourth-order valence-electron chi connectivity index (χ4n) is 3.68. The van der Waals surface area contributed by atoms with E-state index in [1.165, 1.54) is 47.6 Å². The van der Waals surface area contributed by atoms with Crippen molar-refractivity contribution in [3.8, 4) is 10.4 Å². The minimum atomic E-state index is -0.574. The van der Waals surface area contributed by atoms with Crippen LogP contribution in [0.2, 0.25) is 0 Å². The van der Waals surface area contributed by atoms with Gasteiger partial charge in [-0.15, -0.1) is 0 Å². The number of thiazole rings is 1. The number of aromatic nitrogens is 2. The molecule has 0 bridgehead atoms. The third kappa shape index (κ3) is 5.32. The number of rotatable bonds is 8.